The molecule has 7 heteroatoms. The molecule has 2 N–H and O–H groups in total. The van der Waals surface area contributed by atoms with E-state index in [-0.39, 0.29) is 10.9 Å². The Morgan fingerprint density at radius 3 is 2.76 bits per heavy atom. The average molecular weight is 311 g/mol. The molecular weight excluding hydrogens is 290 g/mol. The van der Waals surface area contributed by atoms with Crippen molar-refractivity contribution in [3.8, 4) is 5.75 Å². The summed E-state index contributed by atoms with van der Waals surface area (Å²) in [5.41, 5.74) is 0.520. The molecule has 1 heterocycles. The largest absolute Gasteiger partial charge is 0.494 e. The number of fused-ring (bicyclic) bond motifs is 1. The number of aliphatic imine (C=N–C) groups is 1. The van der Waals surface area contributed by atoms with Crippen LogP contribution in [0.1, 0.15) is 33.1 Å². The Morgan fingerprint density at radius 2 is 2.05 bits per heavy atom. The maximum absolute atomic E-state index is 12.2. The van der Waals surface area contributed by atoms with Gasteiger partial charge in [-0.15, -0.1) is 0 Å². The van der Waals surface area contributed by atoms with Gasteiger partial charge in [-0.2, -0.15) is 0 Å². The van der Waals surface area contributed by atoms with E-state index in [9.17, 15) is 8.42 Å². The Bertz CT molecular complexity index is 626. The van der Waals surface area contributed by atoms with Crippen molar-refractivity contribution in [1.82, 2.24) is 4.72 Å². The van der Waals surface area contributed by atoms with Gasteiger partial charge in [-0.1, -0.05) is 19.8 Å². The lowest BCUT2D eigenvalue weighted by Crippen LogP contribution is -2.40. The molecule has 21 heavy (non-hydrogen) atoms. The van der Waals surface area contributed by atoms with Crippen molar-refractivity contribution in [3.63, 3.8) is 0 Å². The van der Waals surface area contributed by atoms with Crippen molar-refractivity contribution in [2.24, 2.45) is 4.99 Å². The molecule has 1 aliphatic rings. The summed E-state index contributed by atoms with van der Waals surface area (Å²) in [5.74, 6) is 0.814. The van der Waals surface area contributed by atoms with E-state index >= 15 is 0 Å². The van der Waals surface area contributed by atoms with Gasteiger partial charge in [0.2, 0.25) is 5.96 Å². The van der Waals surface area contributed by atoms with Crippen LogP contribution >= 0.6 is 0 Å². The zero-order valence-corrected chi connectivity index (χ0v) is 13.2. The van der Waals surface area contributed by atoms with Crippen molar-refractivity contribution in [3.05, 3.63) is 18.2 Å². The highest BCUT2D eigenvalue weighted by atomic mass is 32.2. The van der Waals surface area contributed by atoms with Gasteiger partial charge in [0, 0.05) is 12.6 Å². The van der Waals surface area contributed by atoms with Crippen molar-refractivity contribution in [2.75, 3.05) is 18.5 Å². The summed E-state index contributed by atoms with van der Waals surface area (Å²) in [6.45, 7) is 5.06. The van der Waals surface area contributed by atoms with Crippen molar-refractivity contribution >= 4 is 21.7 Å². The van der Waals surface area contributed by atoms with Crippen LogP contribution in [0, 0.1) is 0 Å². The second kappa shape index (κ2) is 6.80. The van der Waals surface area contributed by atoms with Crippen LogP contribution in [-0.4, -0.2) is 27.5 Å². The minimum absolute atomic E-state index is 0.181. The quantitative estimate of drug-likeness (QED) is 0.790. The Balaban J connectivity index is 2.20. The van der Waals surface area contributed by atoms with Gasteiger partial charge in [-0.3, -0.25) is 4.99 Å². The van der Waals surface area contributed by atoms with E-state index in [0.29, 0.717) is 24.6 Å². The number of anilines is 1. The van der Waals surface area contributed by atoms with Gasteiger partial charge in [0.15, 0.2) is 0 Å². The molecule has 6 nitrogen and oxygen atoms in total. The minimum atomic E-state index is -3.60. The molecule has 0 amide bonds. The molecule has 0 aliphatic carbocycles. The van der Waals surface area contributed by atoms with Gasteiger partial charge in [0.1, 0.15) is 10.6 Å². The lowest BCUT2D eigenvalue weighted by Gasteiger charge is -2.22. The van der Waals surface area contributed by atoms with Gasteiger partial charge in [0.05, 0.1) is 12.3 Å². The van der Waals surface area contributed by atoms with Crippen LogP contribution in [0.4, 0.5) is 5.69 Å². The molecule has 1 aliphatic heterocycles. The van der Waals surface area contributed by atoms with Crippen LogP contribution in [0.15, 0.2) is 28.1 Å². The topological polar surface area (TPSA) is 79.8 Å². The zero-order chi connectivity index (χ0) is 15.3. The second-order valence-electron chi connectivity index (χ2n) is 4.76. The average Bonchev–Trinajstić information content (AvgIpc) is 2.44. The second-order valence-corrected chi connectivity index (χ2v) is 6.41. The molecule has 0 fully saturated rings. The van der Waals surface area contributed by atoms with Crippen LogP contribution in [0.5, 0.6) is 5.75 Å². The monoisotopic (exact) mass is 311 g/mol. The van der Waals surface area contributed by atoms with Crippen LogP contribution in [0.2, 0.25) is 0 Å². The van der Waals surface area contributed by atoms with E-state index in [2.05, 4.69) is 22.0 Å². The maximum Gasteiger partial charge on any atom is 0.266 e. The highest BCUT2D eigenvalue weighted by molar-refractivity contribution is 7.90. The summed E-state index contributed by atoms with van der Waals surface area (Å²) in [6, 6.07) is 4.95. The number of hydrogen-bond donors (Lipinski definition) is 2. The maximum atomic E-state index is 12.2. The fourth-order valence-corrected chi connectivity index (χ4v) is 3.20. The smallest absolute Gasteiger partial charge is 0.266 e. The summed E-state index contributed by atoms with van der Waals surface area (Å²) in [7, 11) is -3.60. The van der Waals surface area contributed by atoms with Crippen molar-refractivity contribution < 1.29 is 13.2 Å². The van der Waals surface area contributed by atoms with Gasteiger partial charge in [0.25, 0.3) is 10.0 Å². The predicted octanol–water partition coefficient (Wildman–Crippen LogP) is 2.34. The van der Waals surface area contributed by atoms with Crippen molar-refractivity contribution in [1.29, 1.82) is 0 Å². The number of unbranched alkanes of at least 4 members (excludes halogenated alkanes) is 2. The first-order valence-electron chi connectivity index (χ1n) is 7.18. The summed E-state index contributed by atoms with van der Waals surface area (Å²) in [4.78, 5) is 4.44. The molecule has 116 valence electrons. The highest BCUT2D eigenvalue weighted by Gasteiger charge is 2.26. The molecule has 0 unspecified atom stereocenters. The van der Waals surface area contributed by atoms with Gasteiger partial charge < -0.3 is 10.1 Å². The third-order valence-corrected chi connectivity index (χ3v) is 4.45. The van der Waals surface area contributed by atoms with E-state index in [1.165, 1.54) is 6.07 Å². The molecule has 0 aromatic heterocycles. The summed E-state index contributed by atoms with van der Waals surface area (Å²) >= 11 is 0. The Labute approximate surface area is 125 Å². The number of nitrogens with zero attached hydrogens (tertiary/aromatic N) is 1. The number of ether oxygens (including phenoxy) is 1. The summed E-state index contributed by atoms with van der Waals surface area (Å²) < 4.78 is 32.3. The van der Waals surface area contributed by atoms with E-state index < -0.39 is 10.0 Å². The molecule has 0 atom stereocenters. The first-order valence-corrected chi connectivity index (χ1v) is 8.66. The molecule has 0 radical (unpaired) electrons. The molecule has 1 aromatic carbocycles. The fraction of sp³-hybridized carbons (Fsp3) is 0.500. The predicted molar refractivity (Wildman–Crippen MR) is 83.4 cm³/mol. The lowest BCUT2D eigenvalue weighted by atomic mass is 10.2. The number of benzene rings is 1. The van der Waals surface area contributed by atoms with Crippen LogP contribution in [0.3, 0.4) is 0 Å². The number of nitrogens with one attached hydrogen (secondary N) is 2. The molecule has 0 spiro atoms. The Kier molecular flexibility index (Phi) is 5.06. The van der Waals surface area contributed by atoms with Crippen LogP contribution in [-0.2, 0) is 10.0 Å². The lowest BCUT2D eigenvalue weighted by molar-refractivity contribution is 0.339. The zero-order valence-electron chi connectivity index (χ0n) is 12.3. The van der Waals surface area contributed by atoms with Crippen LogP contribution < -0.4 is 14.8 Å². The summed E-state index contributed by atoms with van der Waals surface area (Å²) in [6.07, 6.45) is 3.13. The first kappa shape index (κ1) is 15.6. The third-order valence-electron chi connectivity index (χ3n) is 3.07. The fourth-order valence-electron chi connectivity index (χ4n) is 2.04. The van der Waals surface area contributed by atoms with E-state index in [1.54, 1.807) is 12.1 Å². The number of guanidine groups is 1. The van der Waals surface area contributed by atoms with E-state index in [1.807, 2.05) is 6.92 Å². The number of rotatable bonds is 6. The third kappa shape index (κ3) is 3.87. The first-order chi connectivity index (χ1) is 10.1. The Morgan fingerprint density at radius 1 is 1.24 bits per heavy atom. The molecule has 2 rings (SSSR count). The molecule has 1 aromatic rings. The van der Waals surface area contributed by atoms with Crippen LogP contribution in [0.25, 0.3) is 0 Å². The van der Waals surface area contributed by atoms with E-state index in [4.69, 9.17) is 4.74 Å². The number of sulfonamides is 1. The SMILES string of the molecule is CCCCCN=C1Nc2ccc(OCC)cc2S(=O)(=O)N1. The van der Waals surface area contributed by atoms with Gasteiger partial charge in [-0.25, -0.2) is 13.1 Å². The molecule has 0 saturated heterocycles. The molecule has 0 saturated carbocycles. The highest BCUT2D eigenvalue weighted by Crippen LogP contribution is 2.28. The number of hydrogen-bond acceptors (Lipinski definition) is 4. The van der Waals surface area contributed by atoms with Crippen molar-refractivity contribution in [2.45, 2.75) is 38.0 Å². The molecular formula is C14H21N3O3S. The normalized spacial score (nSPS) is 17.7. The van der Waals surface area contributed by atoms with Gasteiger partial charge in [-0.05, 0) is 25.5 Å². The van der Waals surface area contributed by atoms with E-state index in [0.717, 1.165) is 19.3 Å². The summed E-state index contributed by atoms with van der Waals surface area (Å²) in [5, 5.41) is 3.00. The van der Waals surface area contributed by atoms with Gasteiger partial charge >= 0.3 is 0 Å². The minimum Gasteiger partial charge on any atom is -0.494 e. The standard InChI is InChI=1S/C14H21N3O3S/c1-3-5-6-9-15-14-16-12-8-7-11(20-4-2)10-13(12)21(18,19)17-14/h7-8,10H,3-6,9H2,1-2H3,(H2,15,16,17). The Hall–Kier alpha value is -1.76. The molecule has 0 bridgehead atoms.